The summed E-state index contributed by atoms with van der Waals surface area (Å²) in [7, 11) is 0. The summed E-state index contributed by atoms with van der Waals surface area (Å²) in [5, 5.41) is 0.534. The first-order valence-electron chi connectivity index (χ1n) is 9.36. The summed E-state index contributed by atoms with van der Waals surface area (Å²) >= 11 is 6.99. The predicted octanol–water partition coefficient (Wildman–Crippen LogP) is 4.92. The van der Waals surface area contributed by atoms with Crippen LogP contribution in [0.3, 0.4) is 0 Å². The van der Waals surface area contributed by atoms with Gasteiger partial charge in [0.25, 0.3) is 0 Å². The van der Waals surface area contributed by atoms with Gasteiger partial charge in [0, 0.05) is 16.8 Å². The lowest BCUT2D eigenvalue weighted by atomic mass is 10.1. The van der Waals surface area contributed by atoms with Gasteiger partial charge in [0.15, 0.2) is 5.78 Å². The van der Waals surface area contributed by atoms with Crippen LogP contribution in [-0.4, -0.2) is 41.1 Å². The van der Waals surface area contributed by atoms with Crippen molar-refractivity contribution in [3.8, 4) is 0 Å². The highest BCUT2D eigenvalue weighted by Gasteiger charge is 2.29. The number of Topliss-reactive ketones (excluding diaryl/α,β-unsaturated/α-hetero) is 1. The maximum Gasteiger partial charge on any atom is 0.356 e. The summed E-state index contributed by atoms with van der Waals surface area (Å²) in [4.78, 5) is 38.5. The molecular weight excluding hydrogens is 426 g/mol. The molecule has 0 unspecified atom stereocenters. The van der Waals surface area contributed by atoms with E-state index in [4.69, 9.17) is 21.1 Å². The summed E-state index contributed by atoms with van der Waals surface area (Å²) in [6.45, 7) is 3.78. The van der Waals surface area contributed by atoms with Gasteiger partial charge in [-0.25, -0.2) is 9.59 Å². The second-order valence-electron chi connectivity index (χ2n) is 6.17. The summed E-state index contributed by atoms with van der Waals surface area (Å²) in [5.74, 6) is -1.26. The van der Waals surface area contributed by atoms with Gasteiger partial charge in [-0.3, -0.25) is 4.79 Å². The maximum absolute atomic E-state index is 12.7. The molecule has 3 rings (SSSR count). The number of hydrogen-bond acceptors (Lipinski definition) is 6. The highest BCUT2D eigenvalue weighted by atomic mass is 35.5. The largest absolute Gasteiger partial charge is 0.462 e. The summed E-state index contributed by atoms with van der Waals surface area (Å²) in [6.07, 6.45) is 1.68. The number of halogens is 1. The van der Waals surface area contributed by atoms with Gasteiger partial charge in [-0.2, -0.15) is 0 Å². The molecule has 156 valence electrons. The number of hydrogen-bond donors (Lipinski definition) is 0. The van der Waals surface area contributed by atoms with Gasteiger partial charge in [-0.05, 0) is 50.2 Å². The highest BCUT2D eigenvalue weighted by molar-refractivity contribution is 8.00. The van der Waals surface area contributed by atoms with Crippen LogP contribution >= 0.6 is 23.4 Å². The summed E-state index contributed by atoms with van der Waals surface area (Å²) in [6, 6.07) is 11.8. The van der Waals surface area contributed by atoms with Gasteiger partial charge >= 0.3 is 11.9 Å². The van der Waals surface area contributed by atoms with Gasteiger partial charge < -0.3 is 13.9 Å². The highest BCUT2D eigenvalue weighted by Crippen LogP contribution is 2.34. The lowest BCUT2D eigenvalue weighted by Crippen LogP contribution is -2.11. The Kier molecular flexibility index (Phi) is 7.18. The average molecular weight is 446 g/mol. The first kappa shape index (κ1) is 21.9. The van der Waals surface area contributed by atoms with Crippen LogP contribution in [0.15, 0.2) is 53.6 Å². The minimum Gasteiger partial charge on any atom is -0.462 e. The molecular formula is C22H20ClNO5S. The average Bonchev–Trinajstić information content (AvgIpc) is 3.07. The molecule has 0 aliphatic rings. The van der Waals surface area contributed by atoms with E-state index in [0.717, 1.165) is 11.8 Å². The molecule has 0 bridgehead atoms. The number of pyridine rings is 1. The molecule has 0 saturated carbocycles. The fraction of sp³-hybridized carbons (Fsp3) is 0.227. The Labute approximate surface area is 183 Å². The van der Waals surface area contributed by atoms with Gasteiger partial charge in [0.2, 0.25) is 0 Å². The lowest BCUT2D eigenvalue weighted by molar-refractivity contribution is 0.0514. The number of fused-ring (bicyclic) bond motifs is 1. The second-order valence-corrected chi connectivity index (χ2v) is 7.59. The molecule has 0 saturated heterocycles. The second kappa shape index (κ2) is 9.82. The lowest BCUT2D eigenvalue weighted by Gasteiger charge is -2.07. The van der Waals surface area contributed by atoms with E-state index in [9.17, 15) is 14.4 Å². The van der Waals surface area contributed by atoms with Crippen LogP contribution in [0.2, 0.25) is 5.02 Å². The zero-order valence-corrected chi connectivity index (χ0v) is 18.1. The molecule has 0 radical (unpaired) electrons. The van der Waals surface area contributed by atoms with E-state index in [2.05, 4.69) is 0 Å². The van der Waals surface area contributed by atoms with Crippen molar-refractivity contribution in [1.29, 1.82) is 0 Å². The van der Waals surface area contributed by atoms with Crippen molar-refractivity contribution >= 4 is 46.6 Å². The fourth-order valence-corrected chi connectivity index (χ4v) is 4.19. The van der Waals surface area contributed by atoms with Crippen LogP contribution in [-0.2, 0) is 9.47 Å². The molecule has 2 aromatic heterocycles. The number of carbonyl (C=O) groups is 3. The normalized spacial score (nSPS) is 10.8. The first-order chi connectivity index (χ1) is 14.5. The van der Waals surface area contributed by atoms with Gasteiger partial charge in [0.1, 0.15) is 5.69 Å². The van der Waals surface area contributed by atoms with Gasteiger partial charge in [0.05, 0.1) is 34.9 Å². The van der Waals surface area contributed by atoms with E-state index in [0.29, 0.717) is 21.0 Å². The number of thioether (sulfide) groups is 1. The third kappa shape index (κ3) is 4.52. The predicted molar refractivity (Wildman–Crippen MR) is 116 cm³/mol. The fourth-order valence-electron chi connectivity index (χ4n) is 2.97. The van der Waals surface area contributed by atoms with E-state index < -0.39 is 11.9 Å². The van der Waals surface area contributed by atoms with Crippen LogP contribution in [0, 0.1) is 0 Å². The molecule has 0 amide bonds. The molecule has 1 aromatic carbocycles. The topological polar surface area (TPSA) is 74.1 Å². The van der Waals surface area contributed by atoms with Crippen molar-refractivity contribution in [3.63, 3.8) is 0 Å². The van der Waals surface area contributed by atoms with Crippen LogP contribution < -0.4 is 0 Å². The number of ketones is 1. The SMILES string of the molecule is CCOC(=O)c1c(SCC(=O)c2ccc(Cl)cc2)c(C(=O)OCC)n2ccccc12. The Balaban J connectivity index is 2.05. The molecule has 0 aliphatic heterocycles. The van der Waals surface area contributed by atoms with E-state index in [-0.39, 0.29) is 36.0 Å². The van der Waals surface area contributed by atoms with Crippen molar-refractivity contribution in [2.75, 3.05) is 19.0 Å². The van der Waals surface area contributed by atoms with Crippen LogP contribution in [0.1, 0.15) is 45.1 Å². The van der Waals surface area contributed by atoms with Crippen LogP contribution in [0.4, 0.5) is 0 Å². The molecule has 0 aliphatic carbocycles. The van der Waals surface area contributed by atoms with E-state index >= 15 is 0 Å². The van der Waals surface area contributed by atoms with Crippen molar-refractivity contribution in [1.82, 2.24) is 4.40 Å². The molecule has 8 heteroatoms. The number of nitrogens with zero attached hydrogens (tertiary/aromatic N) is 1. The minimum absolute atomic E-state index is 0.0251. The zero-order valence-electron chi connectivity index (χ0n) is 16.5. The van der Waals surface area contributed by atoms with Gasteiger partial charge in [-0.15, -0.1) is 11.8 Å². The zero-order chi connectivity index (χ0) is 21.7. The number of aromatic nitrogens is 1. The number of esters is 2. The smallest absolute Gasteiger partial charge is 0.356 e. The Bertz CT molecular complexity index is 1040. The van der Waals surface area contributed by atoms with E-state index in [1.54, 1.807) is 66.9 Å². The molecule has 6 nitrogen and oxygen atoms in total. The number of rotatable bonds is 8. The summed E-state index contributed by atoms with van der Waals surface area (Å²) in [5.41, 5.74) is 1.45. The Morgan fingerprint density at radius 1 is 0.967 bits per heavy atom. The third-order valence-corrected chi connectivity index (χ3v) is 5.61. The molecule has 30 heavy (non-hydrogen) atoms. The van der Waals surface area contributed by atoms with Crippen molar-refractivity contribution < 1.29 is 23.9 Å². The number of benzene rings is 1. The quantitative estimate of drug-likeness (QED) is 0.278. The molecule has 0 atom stereocenters. The van der Waals surface area contributed by atoms with Crippen molar-refractivity contribution in [3.05, 3.63) is 70.5 Å². The summed E-state index contributed by atoms with van der Waals surface area (Å²) < 4.78 is 12.0. The van der Waals surface area contributed by atoms with Crippen molar-refractivity contribution in [2.24, 2.45) is 0 Å². The minimum atomic E-state index is -0.573. The van der Waals surface area contributed by atoms with Crippen molar-refractivity contribution in [2.45, 2.75) is 18.7 Å². The van der Waals surface area contributed by atoms with Crippen LogP contribution in [0.25, 0.3) is 5.52 Å². The Morgan fingerprint density at radius 2 is 1.63 bits per heavy atom. The molecule has 0 fully saturated rings. The number of carbonyl (C=O) groups excluding carboxylic acids is 3. The van der Waals surface area contributed by atoms with Crippen LogP contribution in [0.5, 0.6) is 0 Å². The molecule has 0 N–H and O–H groups in total. The third-order valence-electron chi connectivity index (χ3n) is 4.26. The monoisotopic (exact) mass is 445 g/mol. The van der Waals surface area contributed by atoms with E-state index in [1.165, 1.54) is 0 Å². The standard InChI is InChI=1S/C22H20ClNO5S/c1-3-28-21(26)18-16-7-5-6-12-24(16)19(22(27)29-4-2)20(18)30-13-17(25)14-8-10-15(23)11-9-14/h5-12H,3-4,13H2,1-2H3. The molecule has 2 heterocycles. The number of ether oxygens (including phenoxy) is 2. The maximum atomic E-state index is 12.7. The Morgan fingerprint density at radius 3 is 2.30 bits per heavy atom. The first-order valence-corrected chi connectivity index (χ1v) is 10.7. The Hall–Kier alpha value is -2.77. The van der Waals surface area contributed by atoms with Gasteiger partial charge in [-0.1, -0.05) is 17.7 Å². The molecule has 0 spiro atoms. The molecule has 3 aromatic rings. The van der Waals surface area contributed by atoms with E-state index in [1.807, 2.05) is 0 Å².